The molecule has 2 heteroatoms. The van der Waals surface area contributed by atoms with Crippen molar-refractivity contribution in [2.45, 2.75) is 6.32 Å². The van der Waals surface area contributed by atoms with Crippen molar-refractivity contribution in [3.63, 3.8) is 0 Å². The average Bonchev–Trinajstić information content (AvgIpc) is 1.46. The van der Waals surface area contributed by atoms with Crippen LogP contribution in [0.1, 0.15) is 0 Å². The van der Waals surface area contributed by atoms with E-state index in [9.17, 15) is 0 Å². The fourth-order valence-electron chi connectivity index (χ4n) is 0. The normalized spacial score (nSPS) is 16.0. The summed E-state index contributed by atoms with van der Waals surface area (Å²) in [6.07, 6.45) is 3.38. The molecule has 1 radical (unpaired) electrons. The number of rotatable bonds is 0. The molecular weight excluding hydrogens is 41.8 g/mol. The van der Waals surface area contributed by atoms with Crippen molar-refractivity contribution in [1.29, 1.82) is 0 Å². The van der Waals surface area contributed by atoms with Crippen LogP contribution in [0, 0.1) is 6.32 Å². The molecule has 0 saturated carbocycles. The van der Waals surface area contributed by atoms with E-state index >= 15 is 0 Å². The van der Waals surface area contributed by atoms with Crippen LogP contribution >= 0.6 is 0 Å². The predicted molar refractivity (Wildman–Crippen MR) is 14.9 cm³/mol. The Morgan fingerprint density at radius 2 is 2.00 bits per heavy atom. The van der Waals surface area contributed by atoms with Crippen LogP contribution in [0.25, 0.3) is 0 Å². The molecule has 0 aliphatic carbocycles. The van der Waals surface area contributed by atoms with Crippen molar-refractivity contribution < 1.29 is 18.9 Å². The van der Waals surface area contributed by atoms with Crippen LogP contribution < -0.4 is 18.9 Å². The Bertz CT molecular complexity index is 10.8. The molecule has 4 heavy (non-hydrogen) atoms. The van der Waals surface area contributed by atoms with Crippen LogP contribution in [-0.2, 0) is 0 Å². The minimum absolute atomic E-state index is 0. The Hall–Kier alpha value is 0.662. The summed E-state index contributed by atoms with van der Waals surface area (Å²) in [5.74, 6) is 0. The predicted octanol–water partition coefficient (Wildman–Crippen LogP) is -2.71. The molecule has 0 spiro atoms. The maximum atomic E-state index is 2.12. The van der Waals surface area contributed by atoms with Gasteiger partial charge in [0, 0.05) is 0 Å². The van der Waals surface area contributed by atoms with Gasteiger partial charge in [-0.05, 0) is 0 Å². The van der Waals surface area contributed by atoms with Gasteiger partial charge >= 0.3 is 18.9 Å². The minimum atomic E-state index is 0. The first-order valence-corrected chi connectivity index (χ1v) is 1.15. The summed E-state index contributed by atoms with van der Waals surface area (Å²) in [6.45, 7) is 0. The van der Waals surface area contributed by atoms with E-state index < -0.39 is 0 Å². The monoisotopic (exact) mass is 45.0 g/mol. The maximum absolute atomic E-state index is 2.12. The number of hydrogen-bond donors (Lipinski definition) is 0. The van der Waals surface area contributed by atoms with E-state index in [0.29, 0.717) is 0 Å². The fraction of sp³-hybridized carbons (Fsp3) is 0.500. The van der Waals surface area contributed by atoms with Gasteiger partial charge in [0.25, 0.3) is 0 Å². The largest absolute Gasteiger partial charge is 1.00 e. The summed E-state index contributed by atoms with van der Waals surface area (Å²) in [7, 11) is 2.12. The fourth-order valence-corrected chi connectivity index (χ4v) is 0. The van der Waals surface area contributed by atoms with Crippen LogP contribution in [-0.4, -0.2) is 7.28 Å². The molecular formula is C2H3BLi. The molecule has 0 aromatic carbocycles. The first-order chi connectivity index (χ1) is 1.50. The van der Waals surface area contributed by atoms with Gasteiger partial charge < -0.3 is 6.32 Å². The Kier molecular flexibility index (Phi) is 2.26. The van der Waals surface area contributed by atoms with Gasteiger partial charge in [-0.15, -0.1) is 7.28 Å². The van der Waals surface area contributed by atoms with Gasteiger partial charge in [0.15, 0.2) is 0 Å². The number of hydrogen-bond acceptors (Lipinski definition) is 0. The molecule has 0 atom stereocenters. The molecule has 1 aliphatic rings. The zero-order valence-corrected chi connectivity index (χ0v) is 2.86. The quantitative estimate of drug-likeness (QED) is 0.205. The van der Waals surface area contributed by atoms with Crippen molar-refractivity contribution in [2.24, 2.45) is 0 Å². The van der Waals surface area contributed by atoms with Gasteiger partial charge in [-0.3, -0.25) is 0 Å². The molecule has 15 valence electrons. The first-order valence-electron chi connectivity index (χ1n) is 1.15. The van der Waals surface area contributed by atoms with Gasteiger partial charge in [-0.1, -0.05) is 0 Å². The van der Waals surface area contributed by atoms with Crippen molar-refractivity contribution >= 4 is 7.28 Å². The van der Waals surface area contributed by atoms with Gasteiger partial charge in [0.05, 0.1) is 0 Å². The van der Waals surface area contributed by atoms with Gasteiger partial charge in [0.2, 0.25) is 0 Å². The third kappa shape index (κ3) is 2.66. The van der Waals surface area contributed by atoms with Crippen molar-refractivity contribution in [3.05, 3.63) is 6.32 Å². The smallest absolute Gasteiger partial charge is 0.370 e. The molecule has 1 rings (SSSR count). The molecule has 0 aromatic rings. The molecule has 0 unspecified atom stereocenters. The molecule has 1 heterocycles. The molecule has 1 saturated heterocycles. The Morgan fingerprint density at radius 1 is 1.75 bits per heavy atom. The first kappa shape index (κ1) is 4.66. The van der Waals surface area contributed by atoms with Crippen LogP contribution in [0.15, 0.2) is 0 Å². The van der Waals surface area contributed by atoms with E-state index in [1.54, 1.807) is 0 Å². The van der Waals surface area contributed by atoms with E-state index in [1.165, 1.54) is 6.32 Å². The second kappa shape index (κ2) is 1.94. The van der Waals surface area contributed by atoms with Crippen LogP contribution in [0.5, 0.6) is 0 Å². The second-order valence-electron chi connectivity index (χ2n) is 0.707. The van der Waals surface area contributed by atoms with Crippen LogP contribution in [0.4, 0.5) is 0 Å². The zero-order valence-electron chi connectivity index (χ0n) is 2.86. The van der Waals surface area contributed by atoms with E-state index in [1.807, 2.05) is 0 Å². The Labute approximate surface area is 39.4 Å². The molecule has 1 fully saturated rings. The van der Waals surface area contributed by atoms with Crippen LogP contribution in [0.2, 0.25) is 6.32 Å². The van der Waals surface area contributed by atoms with Crippen molar-refractivity contribution in [1.82, 2.24) is 0 Å². The average molecular weight is 44.8 g/mol. The van der Waals surface area contributed by atoms with Gasteiger partial charge in [-0.2, -0.15) is 0 Å². The van der Waals surface area contributed by atoms with Crippen molar-refractivity contribution in [3.8, 4) is 0 Å². The zero-order chi connectivity index (χ0) is 2.12. The molecule has 0 amide bonds. The maximum Gasteiger partial charge on any atom is 1.00 e. The summed E-state index contributed by atoms with van der Waals surface area (Å²) in [4.78, 5) is 0. The molecule has 0 aromatic heterocycles. The Balaban J connectivity index is 0.0000000900. The van der Waals surface area contributed by atoms with Crippen LogP contribution in [0.3, 0.4) is 0 Å². The summed E-state index contributed by atoms with van der Waals surface area (Å²) in [5.41, 5.74) is 0. The van der Waals surface area contributed by atoms with E-state index in [2.05, 4.69) is 13.6 Å². The van der Waals surface area contributed by atoms with Gasteiger partial charge in [-0.25, -0.2) is 6.32 Å². The molecule has 0 nitrogen and oxygen atoms in total. The topological polar surface area (TPSA) is 0 Å². The SMILES string of the molecule is [B]1[CH-]C1.[Li+]. The Morgan fingerprint density at radius 3 is 2.00 bits per heavy atom. The molecule has 0 bridgehead atoms. The third-order valence-electron chi connectivity index (χ3n) is 0.236. The van der Waals surface area contributed by atoms with E-state index in [0.717, 1.165) is 0 Å². The van der Waals surface area contributed by atoms with E-state index in [4.69, 9.17) is 0 Å². The van der Waals surface area contributed by atoms with Gasteiger partial charge in [0.1, 0.15) is 0 Å². The molecule has 0 N–H and O–H groups in total. The van der Waals surface area contributed by atoms with Crippen molar-refractivity contribution in [2.75, 3.05) is 0 Å². The summed E-state index contributed by atoms with van der Waals surface area (Å²) in [6, 6.07) is 0. The third-order valence-corrected chi connectivity index (χ3v) is 0.236. The van der Waals surface area contributed by atoms with E-state index in [-0.39, 0.29) is 18.9 Å². The minimum Gasteiger partial charge on any atom is -0.370 e. The summed E-state index contributed by atoms with van der Waals surface area (Å²) >= 11 is 0. The molecule has 1 aliphatic heterocycles. The standard InChI is InChI=1S/C2H3B.Li/c1-2-3-1;/h1H,2H2;/q-1;+1. The summed E-state index contributed by atoms with van der Waals surface area (Å²) in [5, 5.41) is 0. The summed E-state index contributed by atoms with van der Waals surface area (Å²) < 4.78 is 0. The second-order valence-corrected chi connectivity index (χ2v) is 0.707.